The fourth-order valence-corrected chi connectivity index (χ4v) is 5.69. The Morgan fingerprint density at radius 1 is 1.00 bits per heavy atom. The number of carboxylic acid groups (broad SMARTS) is 1. The van der Waals surface area contributed by atoms with Crippen LogP contribution < -0.4 is 10.2 Å². The van der Waals surface area contributed by atoms with Crippen molar-refractivity contribution in [1.82, 2.24) is 14.3 Å². The molecule has 0 atom stereocenters. The van der Waals surface area contributed by atoms with E-state index in [9.17, 15) is 26.9 Å². The highest BCUT2D eigenvalue weighted by Gasteiger charge is 2.38. The molecule has 3 aromatic rings. The van der Waals surface area contributed by atoms with Gasteiger partial charge in [0.15, 0.2) is 11.6 Å². The van der Waals surface area contributed by atoms with Gasteiger partial charge in [-0.15, -0.1) is 0 Å². The number of carbonyl (C=O) groups is 1. The molecule has 14 heteroatoms. The summed E-state index contributed by atoms with van der Waals surface area (Å²) in [6.07, 6.45) is -2.88. The molecule has 2 aromatic carbocycles. The second-order valence-electron chi connectivity index (χ2n) is 11.1. The molecule has 0 bridgehead atoms. The Hall–Kier alpha value is -3.96. The van der Waals surface area contributed by atoms with E-state index in [0.29, 0.717) is 54.0 Å². The number of carboxylic acids is 1. The Bertz CT molecular complexity index is 1600. The SMILES string of the molecule is CC(C)(C)c1ccc(S(=O)(=O)N2CCN(c3nc4cc(C#N)ccc4nc3NC3CC3)CC2)cc1.O=C(O)C(F)(F)F. The number of rotatable bonds is 5. The highest BCUT2D eigenvalue weighted by atomic mass is 32.2. The summed E-state index contributed by atoms with van der Waals surface area (Å²) >= 11 is 0. The van der Waals surface area contributed by atoms with Crippen molar-refractivity contribution in [3.63, 3.8) is 0 Å². The summed E-state index contributed by atoms with van der Waals surface area (Å²) in [5, 5.41) is 19.9. The Morgan fingerprint density at radius 2 is 1.60 bits per heavy atom. The maximum absolute atomic E-state index is 13.3. The second-order valence-corrected chi connectivity index (χ2v) is 13.0. The summed E-state index contributed by atoms with van der Waals surface area (Å²) in [4.78, 5) is 20.9. The zero-order valence-corrected chi connectivity index (χ0v) is 24.1. The summed E-state index contributed by atoms with van der Waals surface area (Å²) in [6.45, 7) is 8.08. The van der Waals surface area contributed by atoms with Crippen LogP contribution in [-0.2, 0) is 20.2 Å². The average molecular weight is 605 g/mol. The van der Waals surface area contributed by atoms with Crippen molar-refractivity contribution in [3.05, 3.63) is 53.6 Å². The van der Waals surface area contributed by atoms with Gasteiger partial charge in [-0.2, -0.15) is 22.7 Å². The van der Waals surface area contributed by atoms with Crippen LogP contribution in [0.3, 0.4) is 0 Å². The number of piperazine rings is 1. The van der Waals surface area contributed by atoms with Gasteiger partial charge in [0.2, 0.25) is 10.0 Å². The van der Waals surface area contributed by atoms with Crippen molar-refractivity contribution in [1.29, 1.82) is 5.26 Å². The van der Waals surface area contributed by atoms with Crippen LogP contribution in [0.15, 0.2) is 47.4 Å². The van der Waals surface area contributed by atoms with Gasteiger partial charge >= 0.3 is 12.1 Å². The number of sulfonamides is 1. The van der Waals surface area contributed by atoms with Gasteiger partial charge in [-0.3, -0.25) is 0 Å². The number of nitrogens with zero attached hydrogens (tertiary/aromatic N) is 5. The molecule has 2 fully saturated rings. The fraction of sp³-hybridized carbons (Fsp3) is 0.429. The van der Waals surface area contributed by atoms with Gasteiger partial charge in [0.1, 0.15) is 0 Å². The first-order valence-electron chi connectivity index (χ1n) is 13.2. The topological polar surface area (TPSA) is 140 Å². The molecular formula is C28H31F3N6O4S. The van der Waals surface area contributed by atoms with Crippen LogP contribution in [0.5, 0.6) is 0 Å². The molecule has 5 rings (SSSR count). The standard InChI is InChI=1S/C26H30N6O2S.C2HF3O2/c1-26(2,3)19-5-9-21(10-6-19)35(33,34)32-14-12-31(13-15-32)25-24(28-20-7-8-20)29-22-11-4-18(17-27)16-23(22)30-25;3-2(4,5)1(6)7/h4-6,9-11,16,20H,7-8,12-15H2,1-3H3,(H,28,29);(H,6,7). The molecule has 1 saturated carbocycles. The number of anilines is 2. The summed E-state index contributed by atoms with van der Waals surface area (Å²) < 4.78 is 59.9. The van der Waals surface area contributed by atoms with E-state index < -0.39 is 22.2 Å². The van der Waals surface area contributed by atoms with E-state index >= 15 is 0 Å². The molecule has 0 radical (unpaired) electrons. The van der Waals surface area contributed by atoms with Crippen LogP contribution in [0, 0.1) is 11.3 Å². The van der Waals surface area contributed by atoms with E-state index in [2.05, 4.69) is 37.1 Å². The molecule has 0 amide bonds. The molecule has 10 nitrogen and oxygen atoms in total. The predicted molar refractivity (Wildman–Crippen MR) is 151 cm³/mol. The Morgan fingerprint density at radius 3 is 2.10 bits per heavy atom. The zero-order chi connectivity index (χ0) is 30.9. The number of nitrogens with one attached hydrogen (secondary N) is 1. The Balaban J connectivity index is 0.000000517. The van der Waals surface area contributed by atoms with Gasteiger partial charge < -0.3 is 15.3 Å². The lowest BCUT2D eigenvalue weighted by Crippen LogP contribution is -2.49. The summed E-state index contributed by atoms with van der Waals surface area (Å²) in [5.74, 6) is -1.32. The third-order valence-corrected chi connectivity index (χ3v) is 8.74. The minimum Gasteiger partial charge on any atom is -0.475 e. The number of aliphatic carboxylic acids is 1. The Labute approximate surface area is 241 Å². The van der Waals surface area contributed by atoms with Crippen molar-refractivity contribution < 1.29 is 31.5 Å². The zero-order valence-electron chi connectivity index (χ0n) is 23.3. The summed E-state index contributed by atoms with van der Waals surface area (Å²) in [6, 6.07) is 15.1. The lowest BCUT2D eigenvalue weighted by molar-refractivity contribution is -0.192. The fourth-order valence-electron chi connectivity index (χ4n) is 4.27. The van der Waals surface area contributed by atoms with Gasteiger partial charge in [0, 0.05) is 32.2 Å². The molecule has 0 unspecified atom stereocenters. The molecule has 2 aliphatic rings. The molecule has 1 aliphatic carbocycles. The highest BCUT2D eigenvalue weighted by molar-refractivity contribution is 7.89. The molecule has 42 heavy (non-hydrogen) atoms. The van der Waals surface area contributed by atoms with Gasteiger partial charge in [-0.05, 0) is 54.2 Å². The number of alkyl halides is 3. The van der Waals surface area contributed by atoms with Gasteiger partial charge in [0.25, 0.3) is 0 Å². The smallest absolute Gasteiger partial charge is 0.475 e. The first-order valence-corrected chi connectivity index (χ1v) is 14.7. The first-order chi connectivity index (χ1) is 19.6. The third kappa shape index (κ3) is 7.27. The molecule has 1 aromatic heterocycles. The van der Waals surface area contributed by atoms with E-state index in [0.717, 1.165) is 29.7 Å². The predicted octanol–water partition coefficient (Wildman–Crippen LogP) is 4.52. The second kappa shape index (κ2) is 11.7. The number of hydrogen-bond acceptors (Lipinski definition) is 8. The van der Waals surface area contributed by atoms with Crippen LogP contribution >= 0.6 is 0 Å². The van der Waals surface area contributed by atoms with Crippen molar-refractivity contribution in [2.24, 2.45) is 0 Å². The van der Waals surface area contributed by atoms with Crippen LogP contribution in [0.1, 0.15) is 44.7 Å². The third-order valence-electron chi connectivity index (χ3n) is 6.83. The average Bonchev–Trinajstić information content (AvgIpc) is 3.76. The van der Waals surface area contributed by atoms with E-state index in [-0.39, 0.29) is 5.41 Å². The number of fused-ring (bicyclic) bond motifs is 1. The minimum atomic E-state index is -5.08. The minimum absolute atomic E-state index is 0.0327. The molecule has 2 N–H and O–H groups in total. The van der Waals surface area contributed by atoms with Crippen molar-refractivity contribution in [2.75, 3.05) is 36.4 Å². The highest BCUT2D eigenvalue weighted by Crippen LogP contribution is 2.32. The molecule has 1 aliphatic heterocycles. The van der Waals surface area contributed by atoms with E-state index in [1.54, 1.807) is 28.6 Å². The molecular weight excluding hydrogens is 573 g/mol. The van der Waals surface area contributed by atoms with E-state index in [1.807, 2.05) is 18.2 Å². The largest absolute Gasteiger partial charge is 0.490 e. The van der Waals surface area contributed by atoms with E-state index in [1.165, 1.54) is 0 Å². The quantitative estimate of drug-likeness (QED) is 0.430. The van der Waals surface area contributed by atoms with Gasteiger partial charge in [0.05, 0.1) is 27.6 Å². The van der Waals surface area contributed by atoms with Crippen LogP contribution in [0.25, 0.3) is 11.0 Å². The molecule has 2 heterocycles. The lowest BCUT2D eigenvalue weighted by atomic mass is 9.87. The van der Waals surface area contributed by atoms with Crippen LogP contribution in [0.2, 0.25) is 0 Å². The number of nitriles is 1. The molecule has 224 valence electrons. The maximum Gasteiger partial charge on any atom is 0.490 e. The van der Waals surface area contributed by atoms with Crippen molar-refractivity contribution >= 4 is 38.7 Å². The summed E-state index contributed by atoms with van der Waals surface area (Å²) in [5.41, 5.74) is 3.00. The Kier molecular flexibility index (Phi) is 8.65. The summed E-state index contributed by atoms with van der Waals surface area (Å²) in [7, 11) is -3.57. The molecule has 1 saturated heterocycles. The van der Waals surface area contributed by atoms with Crippen LogP contribution in [-0.4, -0.2) is 72.2 Å². The monoisotopic (exact) mass is 604 g/mol. The normalized spacial score (nSPS) is 16.4. The number of hydrogen-bond donors (Lipinski definition) is 2. The lowest BCUT2D eigenvalue weighted by Gasteiger charge is -2.35. The maximum atomic E-state index is 13.3. The first kappa shape index (κ1) is 31.0. The number of aromatic nitrogens is 2. The molecule has 0 spiro atoms. The number of halogens is 3. The van der Waals surface area contributed by atoms with Gasteiger partial charge in [-0.25, -0.2) is 23.2 Å². The van der Waals surface area contributed by atoms with Crippen molar-refractivity contribution in [2.45, 2.75) is 56.1 Å². The number of benzene rings is 2. The van der Waals surface area contributed by atoms with Gasteiger partial charge in [-0.1, -0.05) is 32.9 Å². The van der Waals surface area contributed by atoms with Crippen LogP contribution in [0.4, 0.5) is 24.8 Å². The van der Waals surface area contributed by atoms with Crippen molar-refractivity contribution in [3.8, 4) is 6.07 Å². The van der Waals surface area contributed by atoms with E-state index in [4.69, 9.17) is 19.9 Å².